The van der Waals surface area contributed by atoms with E-state index in [1.807, 2.05) is 63.7 Å². The molecule has 0 bridgehead atoms. The summed E-state index contributed by atoms with van der Waals surface area (Å²) in [6.07, 6.45) is 1.26. The van der Waals surface area contributed by atoms with Gasteiger partial charge in [-0.25, -0.2) is 13.2 Å². The highest BCUT2D eigenvalue weighted by molar-refractivity contribution is 6.03. The van der Waals surface area contributed by atoms with E-state index in [4.69, 9.17) is 0 Å². The summed E-state index contributed by atoms with van der Waals surface area (Å²) >= 11 is 0. The molecule has 1 aromatic heterocycles. The number of piperazine rings is 1. The van der Waals surface area contributed by atoms with Gasteiger partial charge in [-0.1, -0.05) is 38.6 Å². The molecular formula is C37H40F3N5O3. The van der Waals surface area contributed by atoms with E-state index in [-0.39, 0.29) is 40.5 Å². The van der Waals surface area contributed by atoms with Gasteiger partial charge in [0.25, 0.3) is 5.56 Å². The molecule has 2 N–H and O–H groups in total. The van der Waals surface area contributed by atoms with Crippen LogP contribution in [0.5, 0.6) is 5.75 Å². The summed E-state index contributed by atoms with van der Waals surface area (Å²) in [4.78, 5) is 33.1. The topological polar surface area (TPSA) is 81.0 Å². The Kier molecular flexibility index (Phi) is 8.53. The molecule has 2 aliphatic heterocycles. The largest absolute Gasteiger partial charge is 0.507 e. The number of aryl methyl sites for hydroxylation is 1. The fourth-order valence-corrected chi connectivity index (χ4v) is 7.33. The monoisotopic (exact) mass is 659 g/mol. The van der Waals surface area contributed by atoms with Crippen LogP contribution >= 0.6 is 0 Å². The van der Waals surface area contributed by atoms with Crippen LogP contribution in [-0.2, 0) is 11.3 Å². The Morgan fingerprint density at radius 1 is 1.10 bits per heavy atom. The molecule has 0 aliphatic carbocycles. The van der Waals surface area contributed by atoms with Crippen LogP contribution in [0.3, 0.4) is 0 Å². The Morgan fingerprint density at radius 2 is 1.83 bits per heavy atom. The van der Waals surface area contributed by atoms with Gasteiger partial charge < -0.3 is 25.1 Å². The SMILES string of the molecule is C=CC(=O)N1CC2CNc3c(c4cc(F)c(-c5c(O)cccc5F)c(F)c4n(-c4c(C)cc(CN(C)C)cc4C(C)C)c3=O)N2CC1C. The first-order valence-corrected chi connectivity index (χ1v) is 16.1. The van der Waals surface area contributed by atoms with Crippen LogP contribution in [-0.4, -0.2) is 71.2 Å². The summed E-state index contributed by atoms with van der Waals surface area (Å²) in [6.45, 7) is 12.9. The maximum atomic E-state index is 17.3. The number of nitrogens with one attached hydrogen (secondary N) is 1. The number of aromatic hydroxyl groups is 1. The van der Waals surface area contributed by atoms with E-state index >= 15 is 13.2 Å². The minimum atomic E-state index is -1.17. The molecule has 3 heterocycles. The number of aromatic nitrogens is 1. The molecule has 48 heavy (non-hydrogen) atoms. The van der Waals surface area contributed by atoms with Crippen LogP contribution in [0.4, 0.5) is 24.5 Å². The first-order valence-electron chi connectivity index (χ1n) is 16.1. The third kappa shape index (κ3) is 5.30. The lowest BCUT2D eigenvalue weighted by Crippen LogP contribution is -2.62. The highest BCUT2D eigenvalue weighted by atomic mass is 19.1. The van der Waals surface area contributed by atoms with Crippen LogP contribution in [0.1, 0.15) is 43.4 Å². The zero-order valence-corrected chi connectivity index (χ0v) is 28.0. The summed E-state index contributed by atoms with van der Waals surface area (Å²) < 4.78 is 50.1. The minimum absolute atomic E-state index is 0.0916. The molecule has 0 spiro atoms. The maximum Gasteiger partial charge on any atom is 0.281 e. The van der Waals surface area contributed by atoms with Crippen molar-refractivity contribution in [3.8, 4) is 22.6 Å². The lowest BCUT2D eigenvalue weighted by Gasteiger charge is -2.49. The van der Waals surface area contributed by atoms with E-state index in [9.17, 15) is 14.7 Å². The number of hydrogen-bond acceptors (Lipinski definition) is 6. The number of rotatable bonds is 6. The number of phenolic OH excluding ortho intramolecular Hbond substituents is 1. The van der Waals surface area contributed by atoms with E-state index in [0.717, 1.165) is 29.3 Å². The number of carbonyl (C=O) groups is 1. The number of nitrogens with zero attached hydrogens (tertiary/aromatic N) is 4. The van der Waals surface area contributed by atoms with Crippen molar-refractivity contribution in [1.29, 1.82) is 0 Å². The van der Waals surface area contributed by atoms with Crippen molar-refractivity contribution in [3.63, 3.8) is 0 Å². The molecule has 4 aromatic rings. The number of amides is 1. The molecule has 8 nitrogen and oxygen atoms in total. The fourth-order valence-electron chi connectivity index (χ4n) is 7.33. The molecule has 0 saturated carbocycles. The highest BCUT2D eigenvalue weighted by Crippen LogP contribution is 2.45. The molecule has 11 heteroatoms. The maximum absolute atomic E-state index is 17.3. The predicted octanol–water partition coefficient (Wildman–Crippen LogP) is 6.29. The summed E-state index contributed by atoms with van der Waals surface area (Å²) in [6, 6.07) is 7.88. The molecule has 3 aromatic carbocycles. The number of halogens is 3. The van der Waals surface area contributed by atoms with Gasteiger partial charge >= 0.3 is 0 Å². The average Bonchev–Trinajstić information content (AvgIpc) is 3.01. The summed E-state index contributed by atoms with van der Waals surface area (Å²) in [5.74, 6) is -4.23. The molecule has 1 saturated heterocycles. The number of benzene rings is 3. The first kappa shape index (κ1) is 33.1. The fraction of sp³-hybridized carbons (Fsp3) is 0.351. The van der Waals surface area contributed by atoms with Gasteiger partial charge in [0, 0.05) is 37.6 Å². The van der Waals surface area contributed by atoms with Crippen molar-refractivity contribution in [2.24, 2.45) is 0 Å². The molecule has 2 unspecified atom stereocenters. The van der Waals surface area contributed by atoms with Gasteiger partial charge in [-0.2, -0.15) is 0 Å². The van der Waals surface area contributed by atoms with Crippen molar-refractivity contribution in [3.05, 3.63) is 93.5 Å². The van der Waals surface area contributed by atoms with E-state index in [1.165, 1.54) is 16.7 Å². The number of fused-ring (bicyclic) bond motifs is 5. The van der Waals surface area contributed by atoms with Gasteiger partial charge in [-0.15, -0.1) is 0 Å². The summed E-state index contributed by atoms with van der Waals surface area (Å²) in [5.41, 5.74) is 1.27. The Labute approximate surface area is 277 Å². The van der Waals surface area contributed by atoms with Crippen LogP contribution in [0.2, 0.25) is 0 Å². The van der Waals surface area contributed by atoms with E-state index < -0.39 is 39.9 Å². The predicted molar refractivity (Wildman–Crippen MR) is 184 cm³/mol. The average molecular weight is 660 g/mol. The number of carbonyl (C=O) groups excluding carboxylic acids is 1. The molecule has 0 radical (unpaired) electrons. The molecule has 2 atom stereocenters. The number of pyridine rings is 1. The van der Waals surface area contributed by atoms with Crippen LogP contribution in [0, 0.1) is 24.4 Å². The second-order valence-electron chi connectivity index (χ2n) is 13.4. The molecule has 2 aliphatic rings. The number of hydrogen-bond donors (Lipinski definition) is 2. The standard InChI is InChI=1S/C37H40F3N5O3/c1-8-29(47)43-18-23-15-41-33-36(44(23)16-21(43)5)25-14-27(39)31(30-26(38)10-9-11-28(30)46)32(40)35(25)45(37(33)48)34-20(4)12-22(17-42(6)7)13-24(34)19(2)3/h8-14,19,21,23,41,46H,1,15-18H2,2-7H3. The van der Waals surface area contributed by atoms with Gasteiger partial charge in [0.15, 0.2) is 5.82 Å². The summed E-state index contributed by atoms with van der Waals surface area (Å²) in [5, 5.41) is 14.0. The zero-order chi connectivity index (χ0) is 34.8. The quantitative estimate of drug-likeness (QED) is 0.237. The van der Waals surface area contributed by atoms with E-state index in [1.54, 1.807) is 4.90 Å². The van der Waals surface area contributed by atoms with Crippen LogP contribution in [0.25, 0.3) is 27.7 Å². The number of phenols is 1. The van der Waals surface area contributed by atoms with Gasteiger partial charge in [-0.05, 0) is 74.8 Å². The second kappa shape index (κ2) is 12.4. The van der Waals surface area contributed by atoms with Crippen molar-refractivity contribution in [2.75, 3.05) is 43.9 Å². The van der Waals surface area contributed by atoms with Crippen molar-refractivity contribution >= 4 is 28.2 Å². The van der Waals surface area contributed by atoms with Crippen molar-refractivity contribution in [1.82, 2.24) is 14.4 Å². The lowest BCUT2D eigenvalue weighted by atomic mass is 9.93. The summed E-state index contributed by atoms with van der Waals surface area (Å²) in [7, 11) is 3.91. The lowest BCUT2D eigenvalue weighted by molar-refractivity contribution is -0.128. The third-order valence-electron chi connectivity index (χ3n) is 9.40. The Bertz CT molecular complexity index is 2020. The van der Waals surface area contributed by atoms with Crippen LogP contribution in [0.15, 0.2) is 53.8 Å². The first-order chi connectivity index (χ1) is 22.7. The third-order valence-corrected chi connectivity index (χ3v) is 9.40. The molecular weight excluding hydrogens is 619 g/mol. The van der Waals surface area contributed by atoms with Gasteiger partial charge in [0.2, 0.25) is 5.91 Å². The Hall–Kier alpha value is -4.77. The second-order valence-corrected chi connectivity index (χ2v) is 13.4. The molecule has 252 valence electrons. The smallest absolute Gasteiger partial charge is 0.281 e. The minimum Gasteiger partial charge on any atom is -0.507 e. The van der Waals surface area contributed by atoms with Gasteiger partial charge in [-0.3, -0.25) is 14.2 Å². The van der Waals surface area contributed by atoms with E-state index in [2.05, 4.69) is 11.9 Å². The van der Waals surface area contributed by atoms with Gasteiger partial charge in [0.05, 0.1) is 34.1 Å². The molecule has 1 amide bonds. The molecule has 6 rings (SSSR count). The zero-order valence-electron chi connectivity index (χ0n) is 28.0. The Balaban J connectivity index is 1.74. The Morgan fingerprint density at radius 3 is 2.48 bits per heavy atom. The van der Waals surface area contributed by atoms with Crippen molar-refractivity contribution in [2.45, 2.75) is 52.2 Å². The van der Waals surface area contributed by atoms with Crippen LogP contribution < -0.4 is 15.8 Å². The normalized spacial score (nSPS) is 17.5. The van der Waals surface area contributed by atoms with Gasteiger partial charge in [0.1, 0.15) is 23.1 Å². The molecule has 1 fully saturated rings. The number of anilines is 2. The highest BCUT2D eigenvalue weighted by Gasteiger charge is 2.40. The van der Waals surface area contributed by atoms with E-state index in [0.29, 0.717) is 43.1 Å². The van der Waals surface area contributed by atoms with Crippen molar-refractivity contribution < 1.29 is 23.1 Å².